The molecular weight excluding hydrogens is 509 g/mol. The fourth-order valence-corrected chi connectivity index (χ4v) is 5.23. The number of nitrogens with one attached hydrogen (secondary N) is 3. The average molecular weight is 540 g/mol. The van der Waals surface area contributed by atoms with Gasteiger partial charge in [0.05, 0.1) is 11.9 Å². The molecule has 1 fully saturated rings. The Hall–Kier alpha value is -3.74. The third-order valence-electron chi connectivity index (χ3n) is 6.36. The number of aryl methyl sites for hydroxylation is 1. The summed E-state index contributed by atoms with van der Waals surface area (Å²) in [6, 6.07) is 14.4. The molecule has 4 aromatic rings. The van der Waals surface area contributed by atoms with E-state index in [1.165, 1.54) is 10.6 Å². The quantitative estimate of drug-likeness (QED) is 0.294. The van der Waals surface area contributed by atoms with Gasteiger partial charge in [0.25, 0.3) is 0 Å². The van der Waals surface area contributed by atoms with E-state index in [0.29, 0.717) is 67.9 Å². The Bertz CT molecular complexity index is 1540. The van der Waals surface area contributed by atoms with E-state index in [1.807, 2.05) is 37.3 Å². The Labute approximate surface area is 220 Å². The number of benzene rings is 2. The molecular formula is C26H30FN7O3S. The first-order chi connectivity index (χ1) is 18.2. The number of nitrogens with zero attached hydrogens (tertiary/aromatic N) is 4. The van der Waals surface area contributed by atoms with Crippen molar-refractivity contribution >= 4 is 44.1 Å². The highest BCUT2D eigenvalue weighted by molar-refractivity contribution is 7.88. The topological polar surface area (TPSA) is 115 Å². The van der Waals surface area contributed by atoms with Gasteiger partial charge in [-0.1, -0.05) is 6.07 Å². The second-order valence-corrected chi connectivity index (χ2v) is 11.2. The predicted molar refractivity (Wildman–Crippen MR) is 146 cm³/mol. The smallest absolute Gasteiger partial charge is 0.229 e. The van der Waals surface area contributed by atoms with Crippen molar-refractivity contribution in [2.75, 3.05) is 56.2 Å². The molecule has 10 nitrogen and oxygen atoms in total. The number of aromatic amines is 1. The number of piperazine rings is 1. The van der Waals surface area contributed by atoms with Gasteiger partial charge in [-0.3, -0.25) is 4.90 Å². The van der Waals surface area contributed by atoms with Gasteiger partial charge in [0.15, 0.2) is 5.82 Å². The van der Waals surface area contributed by atoms with Crippen LogP contribution in [0.5, 0.6) is 5.75 Å². The molecule has 0 radical (unpaired) electrons. The maximum absolute atomic E-state index is 15.0. The second kappa shape index (κ2) is 10.9. The Balaban J connectivity index is 1.17. The van der Waals surface area contributed by atoms with E-state index in [1.54, 1.807) is 24.4 Å². The van der Waals surface area contributed by atoms with Crippen molar-refractivity contribution in [3.8, 4) is 5.75 Å². The zero-order chi connectivity index (χ0) is 26.7. The summed E-state index contributed by atoms with van der Waals surface area (Å²) >= 11 is 0. The van der Waals surface area contributed by atoms with E-state index in [-0.39, 0.29) is 5.82 Å². The molecule has 200 valence electrons. The van der Waals surface area contributed by atoms with Crippen LogP contribution in [-0.4, -0.2) is 78.2 Å². The highest BCUT2D eigenvalue weighted by atomic mass is 32.2. The van der Waals surface area contributed by atoms with Crippen molar-refractivity contribution in [1.29, 1.82) is 0 Å². The SMILES string of the molecule is Cc1cc2c(F)c(Nc3ccnc(Nc4cccc(OCCN5CCN(S(C)(=O)=O)CC5)c4)n3)ccc2[nH]1. The second-order valence-electron chi connectivity index (χ2n) is 9.24. The van der Waals surface area contributed by atoms with Crippen molar-refractivity contribution in [1.82, 2.24) is 24.2 Å². The third-order valence-corrected chi connectivity index (χ3v) is 7.66. The van der Waals surface area contributed by atoms with Crippen LogP contribution in [0.1, 0.15) is 5.69 Å². The normalized spacial score (nSPS) is 15.0. The van der Waals surface area contributed by atoms with Gasteiger partial charge in [0.2, 0.25) is 16.0 Å². The van der Waals surface area contributed by atoms with Gasteiger partial charge in [0.1, 0.15) is 18.2 Å². The molecule has 12 heteroatoms. The van der Waals surface area contributed by atoms with Gasteiger partial charge in [-0.25, -0.2) is 17.8 Å². The van der Waals surface area contributed by atoms with Crippen molar-refractivity contribution in [2.24, 2.45) is 0 Å². The van der Waals surface area contributed by atoms with E-state index in [4.69, 9.17) is 4.74 Å². The zero-order valence-electron chi connectivity index (χ0n) is 21.2. The first-order valence-electron chi connectivity index (χ1n) is 12.3. The van der Waals surface area contributed by atoms with Crippen LogP contribution in [0.25, 0.3) is 10.9 Å². The Morgan fingerprint density at radius 3 is 2.68 bits per heavy atom. The number of anilines is 4. The Kier molecular flexibility index (Phi) is 7.45. The summed E-state index contributed by atoms with van der Waals surface area (Å²) in [4.78, 5) is 14.1. The molecule has 0 aliphatic carbocycles. The number of aromatic nitrogens is 3. The largest absolute Gasteiger partial charge is 0.492 e. The highest BCUT2D eigenvalue weighted by Crippen LogP contribution is 2.27. The van der Waals surface area contributed by atoms with Crippen LogP contribution in [0.2, 0.25) is 0 Å². The van der Waals surface area contributed by atoms with Crippen LogP contribution in [0, 0.1) is 12.7 Å². The van der Waals surface area contributed by atoms with Crippen molar-refractivity contribution in [3.05, 3.63) is 66.2 Å². The number of halogens is 1. The van der Waals surface area contributed by atoms with Crippen LogP contribution in [0.4, 0.5) is 27.5 Å². The summed E-state index contributed by atoms with van der Waals surface area (Å²) < 4.78 is 45.7. The van der Waals surface area contributed by atoms with E-state index in [9.17, 15) is 12.8 Å². The summed E-state index contributed by atoms with van der Waals surface area (Å²) in [6.07, 6.45) is 2.84. The molecule has 1 saturated heterocycles. The molecule has 0 amide bonds. The minimum absolute atomic E-state index is 0.328. The molecule has 5 rings (SSSR count). The van der Waals surface area contributed by atoms with E-state index >= 15 is 0 Å². The number of rotatable bonds is 9. The van der Waals surface area contributed by atoms with Gasteiger partial charge >= 0.3 is 0 Å². The van der Waals surface area contributed by atoms with E-state index in [2.05, 4.69) is 30.5 Å². The maximum Gasteiger partial charge on any atom is 0.229 e. The van der Waals surface area contributed by atoms with Gasteiger partial charge in [-0.15, -0.1) is 0 Å². The Morgan fingerprint density at radius 2 is 1.89 bits per heavy atom. The number of sulfonamides is 1. The fourth-order valence-electron chi connectivity index (χ4n) is 4.40. The lowest BCUT2D eigenvalue weighted by molar-refractivity contribution is 0.159. The van der Waals surface area contributed by atoms with Crippen LogP contribution < -0.4 is 15.4 Å². The maximum atomic E-state index is 15.0. The first-order valence-corrected chi connectivity index (χ1v) is 14.1. The van der Waals surface area contributed by atoms with Crippen molar-refractivity contribution in [3.63, 3.8) is 0 Å². The lowest BCUT2D eigenvalue weighted by atomic mass is 10.2. The number of hydrogen-bond acceptors (Lipinski definition) is 8. The monoisotopic (exact) mass is 539 g/mol. The van der Waals surface area contributed by atoms with Crippen LogP contribution in [0.3, 0.4) is 0 Å². The van der Waals surface area contributed by atoms with Gasteiger partial charge < -0.3 is 20.4 Å². The number of H-pyrrole nitrogens is 1. The molecule has 2 aromatic carbocycles. The van der Waals surface area contributed by atoms with Crippen LogP contribution in [-0.2, 0) is 10.0 Å². The molecule has 0 unspecified atom stereocenters. The lowest BCUT2D eigenvalue weighted by Gasteiger charge is -2.33. The molecule has 1 aliphatic rings. The molecule has 3 heterocycles. The molecule has 1 aliphatic heterocycles. The van der Waals surface area contributed by atoms with Gasteiger partial charge in [-0.05, 0) is 43.3 Å². The summed E-state index contributed by atoms with van der Waals surface area (Å²) in [5, 5.41) is 6.72. The van der Waals surface area contributed by atoms with Crippen molar-refractivity contribution in [2.45, 2.75) is 6.92 Å². The highest BCUT2D eigenvalue weighted by Gasteiger charge is 2.23. The fraction of sp³-hybridized carbons (Fsp3) is 0.308. The molecule has 0 atom stereocenters. The number of ether oxygens (including phenoxy) is 1. The molecule has 3 N–H and O–H groups in total. The molecule has 0 bridgehead atoms. The summed E-state index contributed by atoms with van der Waals surface area (Å²) in [5.41, 5.74) is 2.71. The van der Waals surface area contributed by atoms with Gasteiger partial charge in [-0.2, -0.15) is 9.29 Å². The Morgan fingerprint density at radius 1 is 1.08 bits per heavy atom. The number of hydrogen-bond donors (Lipinski definition) is 3. The van der Waals surface area contributed by atoms with E-state index < -0.39 is 10.0 Å². The molecule has 2 aromatic heterocycles. The predicted octanol–water partition coefficient (Wildman–Crippen LogP) is 3.85. The minimum atomic E-state index is -3.13. The first kappa shape index (κ1) is 25.9. The minimum Gasteiger partial charge on any atom is -0.492 e. The lowest BCUT2D eigenvalue weighted by Crippen LogP contribution is -2.49. The summed E-state index contributed by atoms with van der Waals surface area (Å²) in [5.74, 6) is 1.16. The van der Waals surface area contributed by atoms with Crippen LogP contribution in [0.15, 0.2) is 54.7 Å². The standard InChI is InChI=1S/C26H30FN7O3S/c1-18-16-21-22(29-18)6-7-23(25(21)27)31-24-8-9-28-26(32-24)30-19-4-3-5-20(17-19)37-15-14-33-10-12-34(13-11-33)38(2,35)36/h3-9,16-17,29H,10-15H2,1-2H3,(H2,28,30,31,32). The average Bonchev–Trinajstić information content (AvgIpc) is 3.27. The zero-order valence-corrected chi connectivity index (χ0v) is 22.1. The van der Waals surface area contributed by atoms with Gasteiger partial charge in [0, 0.05) is 67.3 Å². The van der Waals surface area contributed by atoms with Crippen LogP contribution >= 0.6 is 0 Å². The van der Waals surface area contributed by atoms with Crippen molar-refractivity contribution < 1.29 is 17.5 Å². The molecule has 0 spiro atoms. The molecule has 0 saturated carbocycles. The summed E-state index contributed by atoms with van der Waals surface area (Å²) in [7, 11) is -3.13. The summed E-state index contributed by atoms with van der Waals surface area (Å²) in [6.45, 7) is 5.44. The molecule has 38 heavy (non-hydrogen) atoms. The third kappa shape index (κ3) is 6.21. The number of fused-ring (bicyclic) bond motifs is 1. The van der Waals surface area contributed by atoms with E-state index in [0.717, 1.165) is 16.9 Å².